The molecule has 0 radical (unpaired) electrons. The topological polar surface area (TPSA) is 0 Å². The molecular weight excluding hydrogens is 132 g/mol. The molecule has 0 aliphatic heterocycles. The summed E-state index contributed by atoms with van der Waals surface area (Å²) in [7, 11) is 0. The molecule has 0 aromatic carbocycles. The predicted molar refractivity (Wildman–Crippen MR) is 57.0 cm³/mol. The van der Waals surface area contributed by atoms with E-state index < -0.39 is 0 Å². The number of rotatable bonds is 3. The Labute approximate surface area is 74.4 Å². The van der Waals surface area contributed by atoms with Crippen LogP contribution < -0.4 is 0 Å². The smallest absolute Gasteiger partial charge is 0.0443 e. The summed E-state index contributed by atoms with van der Waals surface area (Å²) in [5, 5.41) is 0. The van der Waals surface area contributed by atoms with Gasteiger partial charge in [-0.05, 0) is 18.3 Å². The van der Waals surface area contributed by atoms with Crippen LogP contribution >= 0.6 is 0 Å². The second kappa shape index (κ2) is 12.7. The molecule has 0 N–H and O–H groups in total. The lowest BCUT2D eigenvalue weighted by atomic mass is 9.97. The van der Waals surface area contributed by atoms with Crippen molar-refractivity contribution in [2.75, 3.05) is 0 Å². The highest BCUT2D eigenvalue weighted by molar-refractivity contribution is 4.52. The van der Waals surface area contributed by atoms with Crippen molar-refractivity contribution in [2.24, 2.45) is 11.8 Å². The Kier molecular flexibility index (Phi) is 19.8. The molecule has 0 rings (SSSR count). The molecule has 0 aromatic heterocycles. The molecule has 11 heavy (non-hydrogen) atoms. The zero-order chi connectivity index (χ0) is 8.57. The highest BCUT2D eigenvalue weighted by Gasteiger charge is 2.00. The minimum absolute atomic E-state index is 0. The van der Waals surface area contributed by atoms with Gasteiger partial charge >= 0.3 is 0 Å². The lowest BCUT2D eigenvalue weighted by Crippen LogP contribution is -1.97. The van der Waals surface area contributed by atoms with E-state index >= 15 is 0 Å². The SMILES string of the molecule is C.CC.CC[C@@H](C)CC(C)C. The van der Waals surface area contributed by atoms with Crippen molar-refractivity contribution in [3.8, 4) is 0 Å². The Morgan fingerprint density at radius 2 is 1.36 bits per heavy atom. The Hall–Kier alpha value is 0. The zero-order valence-electron chi connectivity index (χ0n) is 8.57. The predicted octanol–water partition coefficient (Wildman–Crippen LogP) is 4.74. The van der Waals surface area contributed by atoms with Crippen LogP contribution in [0.1, 0.15) is 61.8 Å². The standard InChI is InChI=1S/C8H18.C2H6.CH4/c1-5-8(4)6-7(2)3;1-2;/h7-8H,5-6H2,1-4H3;1-2H3;1H4/t8-;;/m1../s1. The minimum atomic E-state index is 0. The maximum absolute atomic E-state index is 2.32. The van der Waals surface area contributed by atoms with Crippen LogP contribution in [0, 0.1) is 11.8 Å². The van der Waals surface area contributed by atoms with Crippen LogP contribution in [-0.4, -0.2) is 0 Å². The van der Waals surface area contributed by atoms with Crippen molar-refractivity contribution < 1.29 is 0 Å². The first-order chi connectivity index (χ1) is 4.66. The Morgan fingerprint density at radius 3 is 1.45 bits per heavy atom. The summed E-state index contributed by atoms with van der Waals surface area (Å²) in [4.78, 5) is 0. The van der Waals surface area contributed by atoms with Gasteiger partial charge < -0.3 is 0 Å². The monoisotopic (exact) mass is 160 g/mol. The molecule has 0 heterocycles. The molecule has 1 atom stereocenters. The summed E-state index contributed by atoms with van der Waals surface area (Å²) >= 11 is 0. The van der Waals surface area contributed by atoms with Crippen LogP contribution in [0.2, 0.25) is 0 Å². The molecule has 0 aliphatic carbocycles. The summed E-state index contributed by atoms with van der Waals surface area (Å²) in [6.45, 7) is 13.1. The second-order valence-corrected chi connectivity index (χ2v) is 3.14. The van der Waals surface area contributed by atoms with Gasteiger partial charge in [-0.3, -0.25) is 0 Å². The number of hydrogen-bond acceptors (Lipinski definition) is 0. The van der Waals surface area contributed by atoms with E-state index in [-0.39, 0.29) is 7.43 Å². The molecule has 0 heteroatoms. The molecule has 0 spiro atoms. The molecule has 0 bridgehead atoms. The first-order valence-electron chi connectivity index (χ1n) is 4.66. The van der Waals surface area contributed by atoms with Crippen molar-refractivity contribution in [2.45, 2.75) is 61.8 Å². The Balaban J connectivity index is -0.000000196. The average Bonchev–Trinajstić information content (AvgIpc) is 1.91. The Morgan fingerprint density at radius 1 is 1.00 bits per heavy atom. The van der Waals surface area contributed by atoms with Crippen LogP contribution in [0.3, 0.4) is 0 Å². The summed E-state index contributed by atoms with van der Waals surface area (Å²) in [6, 6.07) is 0. The van der Waals surface area contributed by atoms with Gasteiger partial charge in [0, 0.05) is 0 Å². The van der Waals surface area contributed by atoms with Crippen molar-refractivity contribution in [1.29, 1.82) is 0 Å². The fourth-order valence-electron chi connectivity index (χ4n) is 0.971. The van der Waals surface area contributed by atoms with Gasteiger partial charge in [-0.25, -0.2) is 0 Å². The molecule has 0 saturated heterocycles. The summed E-state index contributed by atoms with van der Waals surface area (Å²) < 4.78 is 0. The molecular formula is C11H28. The average molecular weight is 160 g/mol. The normalized spacial score (nSPS) is 11.2. The van der Waals surface area contributed by atoms with Gasteiger partial charge in [0.1, 0.15) is 0 Å². The van der Waals surface area contributed by atoms with Gasteiger partial charge in [0.15, 0.2) is 0 Å². The quantitative estimate of drug-likeness (QED) is 0.559. The summed E-state index contributed by atoms with van der Waals surface area (Å²) in [5.41, 5.74) is 0. The summed E-state index contributed by atoms with van der Waals surface area (Å²) in [6.07, 6.45) is 2.72. The van der Waals surface area contributed by atoms with E-state index in [9.17, 15) is 0 Å². The molecule has 0 nitrogen and oxygen atoms in total. The first-order valence-corrected chi connectivity index (χ1v) is 4.66. The largest absolute Gasteiger partial charge is 0.0776 e. The maximum atomic E-state index is 2.32. The first kappa shape index (κ1) is 17.2. The van der Waals surface area contributed by atoms with Gasteiger partial charge in [0.25, 0.3) is 0 Å². The van der Waals surface area contributed by atoms with Crippen molar-refractivity contribution in [1.82, 2.24) is 0 Å². The van der Waals surface area contributed by atoms with E-state index in [1.165, 1.54) is 12.8 Å². The van der Waals surface area contributed by atoms with E-state index in [1.807, 2.05) is 13.8 Å². The van der Waals surface area contributed by atoms with Crippen molar-refractivity contribution >= 4 is 0 Å². The van der Waals surface area contributed by atoms with E-state index in [0.717, 1.165) is 11.8 Å². The molecule has 0 amide bonds. The molecule has 72 valence electrons. The third kappa shape index (κ3) is 17.8. The van der Waals surface area contributed by atoms with Crippen LogP contribution in [0.5, 0.6) is 0 Å². The van der Waals surface area contributed by atoms with Gasteiger partial charge in [-0.2, -0.15) is 0 Å². The summed E-state index contributed by atoms with van der Waals surface area (Å²) in [5.74, 6) is 1.81. The van der Waals surface area contributed by atoms with Gasteiger partial charge in [-0.1, -0.05) is 55.4 Å². The van der Waals surface area contributed by atoms with E-state index in [0.29, 0.717) is 0 Å². The van der Waals surface area contributed by atoms with Crippen LogP contribution in [-0.2, 0) is 0 Å². The van der Waals surface area contributed by atoms with Gasteiger partial charge in [-0.15, -0.1) is 0 Å². The molecule has 0 aliphatic rings. The molecule has 0 saturated carbocycles. The van der Waals surface area contributed by atoms with Crippen LogP contribution in [0.15, 0.2) is 0 Å². The zero-order valence-corrected chi connectivity index (χ0v) is 8.57. The highest BCUT2D eigenvalue weighted by Crippen LogP contribution is 2.12. The third-order valence-corrected chi connectivity index (χ3v) is 1.57. The van der Waals surface area contributed by atoms with E-state index in [4.69, 9.17) is 0 Å². The van der Waals surface area contributed by atoms with Crippen LogP contribution in [0.25, 0.3) is 0 Å². The molecule has 0 fully saturated rings. The lowest BCUT2D eigenvalue weighted by molar-refractivity contribution is 0.429. The molecule has 0 aromatic rings. The minimum Gasteiger partial charge on any atom is -0.0776 e. The van der Waals surface area contributed by atoms with Crippen molar-refractivity contribution in [3.63, 3.8) is 0 Å². The van der Waals surface area contributed by atoms with E-state index in [2.05, 4.69) is 27.7 Å². The third-order valence-electron chi connectivity index (χ3n) is 1.57. The van der Waals surface area contributed by atoms with Crippen LogP contribution in [0.4, 0.5) is 0 Å². The van der Waals surface area contributed by atoms with Gasteiger partial charge in [0.2, 0.25) is 0 Å². The maximum Gasteiger partial charge on any atom is -0.0443 e. The fraction of sp³-hybridized carbons (Fsp3) is 1.00. The Bertz CT molecular complexity index is 46.0. The molecule has 0 unspecified atom stereocenters. The van der Waals surface area contributed by atoms with Gasteiger partial charge in [0.05, 0.1) is 0 Å². The fourth-order valence-corrected chi connectivity index (χ4v) is 0.971. The van der Waals surface area contributed by atoms with Crippen molar-refractivity contribution in [3.05, 3.63) is 0 Å². The second-order valence-electron chi connectivity index (χ2n) is 3.14. The lowest BCUT2D eigenvalue weighted by Gasteiger charge is -2.09. The number of hydrogen-bond donors (Lipinski definition) is 0. The van der Waals surface area contributed by atoms with E-state index in [1.54, 1.807) is 0 Å². The highest BCUT2D eigenvalue weighted by atomic mass is 14.1.